The summed E-state index contributed by atoms with van der Waals surface area (Å²) in [6.45, 7) is 13.3. The zero-order valence-electron chi connectivity index (χ0n) is 13.5. The molecular weight excluding hydrogens is 232 g/mol. The third-order valence-corrected chi connectivity index (χ3v) is 5.66. The molecule has 2 heteroatoms. The molecule has 0 spiro atoms. The number of nitrogens with zero attached hydrogens (tertiary/aromatic N) is 1. The van der Waals surface area contributed by atoms with Crippen LogP contribution in [-0.4, -0.2) is 36.6 Å². The highest BCUT2D eigenvalue weighted by Gasteiger charge is 2.43. The minimum Gasteiger partial charge on any atom is -0.312 e. The molecule has 0 aromatic carbocycles. The zero-order chi connectivity index (χ0) is 13.9. The van der Waals surface area contributed by atoms with Crippen LogP contribution in [0.4, 0.5) is 0 Å². The lowest BCUT2D eigenvalue weighted by Crippen LogP contribution is -2.52. The van der Waals surface area contributed by atoms with Crippen LogP contribution in [0.3, 0.4) is 0 Å². The number of rotatable bonds is 4. The van der Waals surface area contributed by atoms with Crippen LogP contribution in [0.1, 0.15) is 66.2 Å². The van der Waals surface area contributed by atoms with Crippen LogP contribution in [0.15, 0.2) is 0 Å². The maximum atomic E-state index is 3.79. The van der Waals surface area contributed by atoms with Gasteiger partial charge >= 0.3 is 0 Å². The first-order valence-corrected chi connectivity index (χ1v) is 8.56. The maximum Gasteiger partial charge on any atom is 0.0274 e. The quantitative estimate of drug-likeness (QED) is 0.835. The molecule has 2 fully saturated rings. The molecule has 0 aromatic heterocycles. The van der Waals surface area contributed by atoms with Crippen LogP contribution in [0.5, 0.6) is 0 Å². The van der Waals surface area contributed by atoms with E-state index in [2.05, 4.69) is 37.9 Å². The molecule has 3 unspecified atom stereocenters. The molecule has 0 aromatic rings. The van der Waals surface area contributed by atoms with E-state index in [0.29, 0.717) is 11.5 Å². The monoisotopic (exact) mass is 266 g/mol. The molecule has 2 aliphatic rings. The molecule has 2 nitrogen and oxygen atoms in total. The Hall–Kier alpha value is -0.0800. The molecule has 1 saturated heterocycles. The van der Waals surface area contributed by atoms with E-state index in [1.54, 1.807) is 0 Å². The van der Waals surface area contributed by atoms with Crippen molar-refractivity contribution in [2.75, 3.05) is 19.6 Å². The summed E-state index contributed by atoms with van der Waals surface area (Å²) in [5.74, 6) is 0.983. The standard InChI is InChI=1S/C17H34N2/c1-5-14-8-7-12-19(13-10-14)15-9-11-17(3,4)16(15)18-6-2/h14-16,18H,5-13H2,1-4H3. The van der Waals surface area contributed by atoms with Gasteiger partial charge in [0.1, 0.15) is 0 Å². The van der Waals surface area contributed by atoms with Crippen LogP contribution >= 0.6 is 0 Å². The summed E-state index contributed by atoms with van der Waals surface area (Å²) in [4.78, 5) is 2.82. The zero-order valence-corrected chi connectivity index (χ0v) is 13.5. The third-order valence-electron chi connectivity index (χ3n) is 5.66. The molecule has 0 radical (unpaired) electrons. The Morgan fingerprint density at radius 2 is 1.89 bits per heavy atom. The van der Waals surface area contributed by atoms with Crippen molar-refractivity contribution in [2.24, 2.45) is 11.3 Å². The Morgan fingerprint density at radius 3 is 2.58 bits per heavy atom. The molecule has 1 saturated carbocycles. The van der Waals surface area contributed by atoms with Gasteiger partial charge in [-0.05, 0) is 63.1 Å². The van der Waals surface area contributed by atoms with Crippen molar-refractivity contribution in [3.05, 3.63) is 0 Å². The van der Waals surface area contributed by atoms with Gasteiger partial charge in [-0.3, -0.25) is 4.90 Å². The second-order valence-corrected chi connectivity index (χ2v) is 7.37. The van der Waals surface area contributed by atoms with Gasteiger partial charge in [-0.2, -0.15) is 0 Å². The van der Waals surface area contributed by atoms with Gasteiger partial charge in [-0.25, -0.2) is 0 Å². The highest BCUT2D eigenvalue weighted by Crippen LogP contribution is 2.40. The van der Waals surface area contributed by atoms with E-state index >= 15 is 0 Å². The average Bonchev–Trinajstić information content (AvgIpc) is 2.58. The van der Waals surface area contributed by atoms with Crippen molar-refractivity contribution in [2.45, 2.75) is 78.3 Å². The number of hydrogen-bond acceptors (Lipinski definition) is 2. The van der Waals surface area contributed by atoms with Crippen LogP contribution in [-0.2, 0) is 0 Å². The average molecular weight is 266 g/mol. The first kappa shape index (κ1) is 15.3. The first-order valence-electron chi connectivity index (χ1n) is 8.56. The van der Waals surface area contributed by atoms with Gasteiger partial charge in [0, 0.05) is 12.1 Å². The van der Waals surface area contributed by atoms with Crippen LogP contribution in [0, 0.1) is 11.3 Å². The first-order chi connectivity index (χ1) is 9.08. The minimum atomic E-state index is 0.469. The molecule has 1 N–H and O–H groups in total. The van der Waals surface area contributed by atoms with Gasteiger partial charge in [0.15, 0.2) is 0 Å². The molecule has 0 amide bonds. The van der Waals surface area contributed by atoms with Crippen molar-refractivity contribution < 1.29 is 0 Å². The molecule has 1 aliphatic carbocycles. The van der Waals surface area contributed by atoms with Crippen molar-refractivity contribution in [1.82, 2.24) is 10.2 Å². The molecular formula is C17H34N2. The predicted octanol–water partition coefficient (Wildman–Crippen LogP) is 3.67. The highest BCUT2D eigenvalue weighted by molar-refractivity contribution is 5.01. The molecule has 1 heterocycles. The second kappa shape index (κ2) is 6.58. The Balaban J connectivity index is 2.00. The molecule has 3 atom stereocenters. The van der Waals surface area contributed by atoms with Gasteiger partial charge in [0.25, 0.3) is 0 Å². The molecule has 2 rings (SSSR count). The van der Waals surface area contributed by atoms with Crippen molar-refractivity contribution in [3.63, 3.8) is 0 Å². The van der Waals surface area contributed by atoms with Crippen molar-refractivity contribution in [1.29, 1.82) is 0 Å². The summed E-state index contributed by atoms with van der Waals surface area (Å²) in [5.41, 5.74) is 0.469. The summed E-state index contributed by atoms with van der Waals surface area (Å²) in [6, 6.07) is 1.47. The number of nitrogens with one attached hydrogen (secondary N) is 1. The Morgan fingerprint density at radius 1 is 1.11 bits per heavy atom. The minimum absolute atomic E-state index is 0.469. The number of hydrogen-bond donors (Lipinski definition) is 1. The lowest BCUT2D eigenvalue weighted by molar-refractivity contribution is 0.147. The SMILES string of the molecule is CCNC1C(N2CCCC(CC)CC2)CCC1(C)C. The molecule has 0 bridgehead atoms. The van der Waals surface area contributed by atoms with Crippen LogP contribution in [0.25, 0.3) is 0 Å². The second-order valence-electron chi connectivity index (χ2n) is 7.37. The van der Waals surface area contributed by atoms with Crippen molar-refractivity contribution in [3.8, 4) is 0 Å². The normalized spacial score (nSPS) is 36.3. The van der Waals surface area contributed by atoms with Crippen LogP contribution < -0.4 is 5.32 Å². The Labute approximate surface area is 120 Å². The molecule has 1 aliphatic heterocycles. The summed E-state index contributed by atoms with van der Waals surface area (Å²) < 4.78 is 0. The Bertz CT molecular complexity index is 274. The van der Waals surface area contributed by atoms with Crippen LogP contribution in [0.2, 0.25) is 0 Å². The van der Waals surface area contributed by atoms with E-state index in [0.717, 1.165) is 18.5 Å². The lowest BCUT2D eigenvalue weighted by atomic mass is 9.86. The van der Waals surface area contributed by atoms with Gasteiger partial charge in [-0.1, -0.05) is 34.1 Å². The predicted molar refractivity (Wildman–Crippen MR) is 83.5 cm³/mol. The smallest absolute Gasteiger partial charge is 0.0274 e. The molecule has 112 valence electrons. The third kappa shape index (κ3) is 3.52. The Kier molecular flexibility index (Phi) is 5.30. The van der Waals surface area contributed by atoms with Gasteiger partial charge in [0.05, 0.1) is 0 Å². The van der Waals surface area contributed by atoms with Gasteiger partial charge in [0.2, 0.25) is 0 Å². The fourth-order valence-corrected chi connectivity index (χ4v) is 4.32. The lowest BCUT2D eigenvalue weighted by Gasteiger charge is -2.37. The summed E-state index contributed by atoms with van der Waals surface area (Å²) in [5, 5.41) is 3.79. The summed E-state index contributed by atoms with van der Waals surface area (Å²) in [6.07, 6.45) is 8.43. The molecule has 19 heavy (non-hydrogen) atoms. The van der Waals surface area contributed by atoms with E-state index in [9.17, 15) is 0 Å². The van der Waals surface area contributed by atoms with Crippen molar-refractivity contribution >= 4 is 0 Å². The maximum absolute atomic E-state index is 3.79. The van der Waals surface area contributed by atoms with Gasteiger partial charge in [-0.15, -0.1) is 0 Å². The largest absolute Gasteiger partial charge is 0.312 e. The van der Waals surface area contributed by atoms with E-state index in [1.807, 2.05) is 0 Å². The van der Waals surface area contributed by atoms with E-state index in [-0.39, 0.29) is 0 Å². The fraction of sp³-hybridized carbons (Fsp3) is 1.00. The van der Waals surface area contributed by atoms with Gasteiger partial charge < -0.3 is 5.32 Å². The topological polar surface area (TPSA) is 15.3 Å². The summed E-state index contributed by atoms with van der Waals surface area (Å²) >= 11 is 0. The number of likely N-dealkylation sites (N-methyl/N-ethyl adjacent to an activating group) is 1. The summed E-state index contributed by atoms with van der Waals surface area (Å²) in [7, 11) is 0. The highest BCUT2D eigenvalue weighted by atomic mass is 15.2. The van der Waals surface area contributed by atoms with E-state index in [1.165, 1.54) is 51.6 Å². The number of likely N-dealkylation sites (tertiary alicyclic amines) is 1. The fourth-order valence-electron chi connectivity index (χ4n) is 4.32. The van der Waals surface area contributed by atoms with E-state index in [4.69, 9.17) is 0 Å². The van der Waals surface area contributed by atoms with E-state index < -0.39 is 0 Å².